The summed E-state index contributed by atoms with van der Waals surface area (Å²) >= 11 is 1.83. The van der Waals surface area contributed by atoms with E-state index in [2.05, 4.69) is 49.9 Å². The zero-order valence-electron chi connectivity index (χ0n) is 17.9. The van der Waals surface area contributed by atoms with Gasteiger partial charge in [0.05, 0.1) is 19.3 Å². The summed E-state index contributed by atoms with van der Waals surface area (Å²) in [6, 6.07) is 4.75. The van der Waals surface area contributed by atoms with Gasteiger partial charge in [0.2, 0.25) is 0 Å². The minimum Gasteiger partial charge on any atom is -0.379 e. The second-order valence-corrected chi connectivity index (χ2v) is 8.92. The number of nitrogens with one attached hydrogen (secondary N) is 2. The van der Waals surface area contributed by atoms with Crippen LogP contribution in [0, 0.1) is 5.92 Å². The molecule has 0 bridgehead atoms. The lowest BCUT2D eigenvalue weighted by Crippen LogP contribution is -2.46. The summed E-state index contributed by atoms with van der Waals surface area (Å²) in [6.45, 7) is 11.5. The van der Waals surface area contributed by atoms with Crippen LogP contribution in [-0.4, -0.2) is 81.8 Å². The van der Waals surface area contributed by atoms with Crippen LogP contribution in [0.3, 0.4) is 0 Å². The van der Waals surface area contributed by atoms with E-state index in [4.69, 9.17) is 4.74 Å². The van der Waals surface area contributed by atoms with Crippen LogP contribution >= 0.6 is 35.3 Å². The Morgan fingerprint density at radius 2 is 2.00 bits per heavy atom. The molecule has 3 heterocycles. The van der Waals surface area contributed by atoms with Crippen molar-refractivity contribution in [1.82, 2.24) is 20.4 Å². The van der Waals surface area contributed by atoms with Crippen LogP contribution in [0.15, 0.2) is 22.5 Å². The molecule has 0 amide bonds. The number of thiophene rings is 1. The third-order valence-electron chi connectivity index (χ3n) is 5.86. The van der Waals surface area contributed by atoms with Gasteiger partial charge in [0.15, 0.2) is 5.96 Å². The highest BCUT2D eigenvalue weighted by molar-refractivity contribution is 14.0. The predicted molar refractivity (Wildman–Crippen MR) is 134 cm³/mol. The van der Waals surface area contributed by atoms with E-state index in [-0.39, 0.29) is 24.0 Å². The minimum atomic E-state index is 0. The molecule has 1 unspecified atom stereocenters. The lowest BCUT2D eigenvalue weighted by molar-refractivity contribution is 0.0177. The van der Waals surface area contributed by atoms with Crippen molar-refractivity contribution in [3.05, 3.63) is 22.4 Å². The van der Waals surface area contributed by atoms with Crippen LogP contribution in [0.4, 0.5) is 0 Å². The minimum absolute atomic E-state index is 0. The van der Waals surface area contributed by atoms with Gasteiger partial charge in [0.1, 0.15) is 0 Å². The highest BCUT2D eigenvalue weighted by Crippen LogP contribution is 2.25. The molecule has 2 aliphatic heterocycles. The molecule has 1 aromatic rings. The van der Waals surface area contributed by atoms with E-state index >= 15 is 0 Å². The largest absolute Gasteiger partial charge is 0.379 e. The highest BCUT2D eigenvalue weighted by atomic mass is 127. The second-order valence-electron chi connectivity index (χ2n) is 7.94. The maximum Gasteiger partial charge on any atom is 0.191 e. The molecule has 8 heteroatoms. The first-order valence-corrected chi connectivity index (χ1v) is 11.7. The molecule has 0 radical (unpaired) electrons. The van der Waals surface area contributed by atoms with Crippen LogP contribution in [0.5, 0.6) is 0 Å². The molecule has 166 valence electrons. The van der Waals surface area contributed by atoms with Gasteiger partial charge in [-0.25, -0.2) is 0 Å². The summed E-state index contributed by atoms with van der Waals surface area (Å²) < 4.78 is 5.54. The molecule has 2 aliphatic rings. The number of hydrogen-bond donors (Lipinski definition) is 2. The monoisotopic (exact) mass is 535 g/mol. The number of halogens is 1. The van der Waals surface area contributed by atoms with Crippen molar-refractivity contribution in [2.45, 2.75) is 32.2 Å². The number of guanidine groups is 1. The van der Waals surface area contributed by atoms with Gasteiger partial charge in [-0.05, 0) is 56.3 Å². The molecule has 0 aliphatic carbocycles. The zero-order chi connectivity index (χ0) is 19.6. The molecule has 1 aromatic heterocycles. The van der Waals surface area contributed by atoms with Crippen molar-refractivity contribution in [1.29, 1.82) is 0 Å². The van der Waals surface area contributed by atoms with Gasteiger partial charge in [-0.1, -0.05) is 13.0 Å². The quantitative estimate of drug-likeness (QED) is 0.232. The lowest BCUT2D eigenvalue weighted by Gasteiger charge is -2.34. The van der Waals surface area contributed by atoms with Gasteiger partial charge in [0.25, 0.3) is 0 Å². The number of ether oxygens (including phenoxy) is 1. The Bertz CT molecular complexity index is 572. The normalized spacial score (nSPS) is 20.8. The first kappa shape index (κ1) is 24.8. The van der Waals surface area contributed by atoms with Crippen molar-refractivity contribution in [3.8, 4) is 0 Å². The molecule has 0 spiro atoms. The zero-order valence-corrected chi connectivity index (χ0v) is 21.1. The summed E-state index contributed by atoms with van der Waals surface area (Å²) in [6.07, 6.45) is 3.86. The Morgan fingerprint density at radius 3 is 2.66 bits per heavy atom. The molecule has 1 atom stereocenters. The van der Waals surface area contributed by atoms with Crippen LogP contribution < -0.4 is 10.6 Å². The summed E-state index contributed by atoms with van der Waals surface area (Å²) in [5, 5.41) is 9.21. The molecule has 0 aromatic carbocycles. The Balaban J connectivity index is 0.00000300. The van der Waals surface area contributed by atoms with Crippen molar-refractivity contribution in [2.24, 2.45) is 10.9 Å². The molecule has 3 rings (SSSR count). The standard InChI is InChI=1S/C21H37N5OS.HI/c1-18-6-10-25(11-7-18)9-4-8-23-21(22-2)24-17-19(20-5-3-16-28-20)26-12-14-27-15-13-26;/h3,5,16,18-19H,4,6-15,17H2,1-2H3,(H2,22,23,24);1H. The number of piperidine rings is 1. The van der Waals surface area contributed by atoms with Crippen LogP contribution in [0.2, 0.25) is 0 Å². The first-order valence-electron chi connectivity index (χ1n) is 10.8. The maximum absolute atomic E-state index is 5.54. The van der Waals surface area contributed by atoms with Gasteiger partial charge in [-0.15, -0.1) is 35.3 Å². The summed E-state index contributed by atoms with van der Waals surface area (Å²) in [7, 11) is 1.86. The summed E-state index contributed by atoms with van der Waals surface area (Å²) in [4.78, 5) is 10.9. The molecule has 2 fully saturated rings. The predicted octanol–water partition coefficient (Wildman–Crippen LogP) is 3.03. The lowest BCUT2D eigenvalue weighted by atomic mass is 9.99. The molecular weight excluding hydrogens is 497 g/mol. The summed E-state index contributed by atoms with van der Waals surface area (Å²) in [5.41, 5.74) is 0. The van der Waals surface area contributed by atoms with E-state index in [0.717, 1.165) is 57.7 Å². The van der Waals surface area contributed by atoms with E-state index in [0.29, 0.717) is 6.04 Å². The topological polar surface area (TPSA) is 52.1 Å². The smallest absolute Gasteiger partial charge is 0.191 e. The Kier molecular flexibility index (Phi) is 11.8. The van der Waals surface area contributed by atoms with Crippen molar-refractivity contribution >= 4 is 41.3 Å². The molecular formula is C21H38IN5OS. The Hall–Kier alpha value is -0.420. The van der Waals surface area contributed by atoms with Gasteiger partial charge >= 0.3 is 0 Å². The number of morpholine rings is 1. The van der Waals surface area contributed by atoms with Crippen LogP contribution in [0.1, 0.15) is 37.1 Å². The summed E-state index contributed by atoms with van der Waals surface area (Å²) in [5.74, 6) is 1.81. The molecule has 29 heavy (non-hydrogen) atoms. The van der Waals surface area contributed by atoms with Gasteiger partial charge < -0.3 is 20.3 Å². The average Bonchev–Trinajstić information content (AvgIpc) is 3.26. The van der Waals surface area contributed by atoms with Crippen LogP contribution in [0.25, 0.3) is 0 Å². The van der Waals surface area contributed by atoms with Gasteiger partial charge in [0, 0.05) is 38.1 Å². The van der Waals surface area contributed by atoms with Gasteiger partial charge in [-0.2, -0.15) is 0 Å². The third kappa shape index (κ3) is 8.32. The Morgan fingerprint density at radius 1 is 1.24 bits per heavy atom. The van der Waals surface area contributed by atoms with Crippen molar-refractivity contribution in [3.63, 3.8) is 0 Å². The number of rotatable bonds is 8. The van der Waals surface area contributed by atoms with Crippen molar-refractivity contribution in [2.75, 3.05) is 66.1 Å². The number of hydrogen-bond acceptors (Lipinski definition) is 5. The fourth-order valence-corrected chi connectivity index (χ4v) is 4.85. The molecule has 6 nitrogen and oxygen atoms in total. The van der Waals surface area contributed by atoms with E-state index in [1.165, 1.54) is 37.4 Å². The molecule has 0 saturated carbocycles. The van der Waals surface area contributed by atoms with Gasteiger partial charge in [-0.3, -0.25) is 9.89 Å². The first-order chi connectivity index (χ1) is 13.8. The average molecular weight is 536 g/mol. The third-order valence-corrected chi connectivity index (χ3v) is 6.84. The number of likely N-dealkylation sites (tertiary alicyclic amines) is 1. The van der Waals surface area contributed by atoms with Crippen molar-refractivity contribution < 1.29 is 4.74 Å². The van der Waals surface area contributed by atoms with E-state index < -0.39 is 0 Å². The van der Waals surface area contributed by atoms with Crippen LogP contribution in [-0.2, 0) is 4.74 Å². The van der Waals surface area contributed by atoms with E-state index in [9.17, 15) is 0 Å². The van der Waals surface area contributed by atoms with E-state index in [1.807, 2.05) is 18.4 Å². The van der Waals surface area contributed by atoms with E-state index in [1.54, 1.807) is 0 Å². The fraction of sp³-hybridized carbons (Fsp3) is 0.762. The SMILES string of the molecule is CN=C(NCCCN1CCC(C)CC1)NCC(c1cccs1)N1CCOCC1.I. The molecule has 2 N–H and O–H groups in total. The highest BCUT2D eigenvalue weighted by Gasteiger charge is 2.23. The maximum atomic E-state index is 5.54. The molecule has 2 saturated heterocycles. The fourth-order valence-electron chi connectivity index (χ4n) is 3.99. The Labute approximate surface area is 197 Å². The second kappa shape index (κ2) is 13.8. The number of nitrogens with zero attached hydrogens (tertiary/aromatic N) is 3. The number of aliphatic imine (C=N–C) groups is 1.